The van der Waals surface area contributed by atoms with Crippen LogP contribution in [0, 0.1) is 17.6 Å². The van der Waals surface area contributed by atoms with Crippen LogP contribution in [0.3, 0.4) is 0 Å². The van der Waals surface area contributed by atoms with E-state index in [1.54, 1.807) is 11.8 Å². The molecule has 1 aromatic carbocycles. The summed E-state index contributed by atoms with van der Waals surface area (Å²) in [5.74, 6) is -1.52. The molecule has 144 valence electrons. The van der Waals surface area contributed by atoms with Crippen molar-refractivity contribution in [3.8, 4) is 0 Å². The largest absolute Gasteiger partial charge is 0.335 e. The van der Waals surface area contributed by atoms with Gasteiger partial charge in [0.1, 0.15) is 11.6 Å². The van der Waals surface area contributed by atoms with Crippen molar-refractivity contribution in [2.75, 3.05) is 18.8 Å². The van der Waals surface area contributed by atoms with Crippen LogP contribution >= 0.6 is 0 Å². The highest BCUT2D eigenvalue weighted by atomic mass is 32.2. The van der Waals surface area contributed by atoms with Crippen LogP contribution in [0.2, 0.25) is 0 Å². The predicted octanol–water partition coefficient (Wildman–Crippen LogP) is 2.52. The summed E-state index contributed by atoms with van der Waals surface area (Å²) < 4.78 is 52.4. The van der Waals surface area contributed by atoms with Gasteiger partial charge in [-0.1, -0.05) is 6.07 Å². The molecule has 1 heterocycles. The minimum absolute atomic E-state index is 0.0511. The minimum Gasteiger partial charge on any atom is -0.335 e. The van der Waals surface area contributed by atoms with Crippen LogP contribution in [0.4, 0.5) is 8.78 Å². The monoisotopic (exact) mass is 386 g/mol. The number of piperidine rings is 1. The maximum absolute atomic E-state index is 14.0. The van der Waals surface area contributed by atoms with Gasteiger partial charge in [0.25, 0.3) is 0 Å². The topological polar surface area (TPSA) is 57.7 Å². The average molecular weight is 386 g/mol. The molecule has 3 rings (SSSR count). The fourth-order valence-corrected chi connectivity index (χ4v) is 4.54. The molecule has 1 saturated carbocycles. The molecule has 1 aromatic rings. The van der Waals surface area contributed by atoms with E-state index in [9.17, 15) is 22.0 Å². The standard InChI is InChI=1S/C18H24F2N2O3S/c1-2-26(24,25)21-9-7-13(8-10-21)18(23)22(16-5-6-16)12-14-3-4-15(19)11-17(14)20/h3-4,11,13,16H,2,5-10,12H2,1H3. The van der Waals surface area contributed by atoms with Crippen molar-refractivity contribution < 1.29 is 22.0 Å². The molecular formula is C18H24F2N2O3S. The van der Waals surface area contributed by atoms with Crippen molar-refractivity contribution in [1.82, 2.24) is 9.21 Å². The summed E-state index contributed by atoms with van der Waals surface area (Å²) in [6.45, 7) is 2.42. The highest BCUT2D eigenvalue weighted by molar-refractivity contribution is 7.89. The fourth-order valence-electron chi connectivity index (χ4n) is 3.40. The summed E-state index contributed by atoms with van der Waals surface area (Å²) in [6.07, 6.45) is 2.73. The molecule has 0 unspecified atom stereocenters. The molecule has 2 aliphatic rings. The molecule has 0 atom stereocenters. The number of sulfonamides is 1. The molecule has 1 amide bonds. The Morgan fingerprint density at radius 3 is 2.38 bits per heavy atom. The van der Waals surface area contributed by atoms with Gasteiger partial charge >= 0.3 is 0 Å². The van der Waals surface area contributed by atoms with Crippen molar-refractivity contribution >= 4 is 15.9 Å². The van der Waals surface area contributed by atoms with Crippen molar-refractivity contribution in [2.24, 2.45) is 5.92 Å². The lowest BCUT2D eigenvalue weighted by Crippen LogP contribution is -2.45. The number of nitrogens with zero attached hydrogens (tertiary/aromatic N) is 2. The molecule has 2 fully saturated rings. The Kier molecular flexibility index (Phi) is 5.62. The second kappa shape index (κ2) is 7.60. The Labute approximate surface area is 153 Å². The third-order valence-corrected chi connectivity index (χ3v) is 7.07. The first-order valence-corrected chi connectivity index (χ1v) is 10.6. The van der Waals surface area contributed by atoms with Crippen LogP contribution in [-0.4, -0.2) is 48.4 Å². The van der Waals surface area contributed by atoms with Crippen molar-refractivity contribution in [1.29, 1.82) is 0 Å². The summed E-state index contributed by atoms with van der Waals surface area (Å²) >= 11 is 0. The zero-order chi connectivity index (χ0) is 18.9. The first kappa shape index (κ1) is 19.2. The second-order valence-electron chi connectivity index (χ2n) is 7.01. The lowest BCUT2D eigenvalue weighted by molar-refractivity contribution is -0.138. The Balaban J connectivity index is 1.67. The van der Waals surface area contributed by atoms with Crippen LogP contribution in [0.15, 0.2) is 18.2 Å². The molecular weight excluding hydrogens is 362 g/mol. The molecule has 0 aromatic heterocycles. The van der Waals surface area contributed by atoms with E-state index >= 15 is 0 Å². The number of carbonyl (C=O) groups is 1. The molecule has 26 heavy (non-hydrogen) atoms. The maximum atomic E-state index is 14.0. The predicted molar refractivity (Wildman–Crippen MR) is 93.7 cm³/mol. The van der Waals surface area contributed by atoms with Gasteiger partial charge in [-0.05, 0) is 38.7 Å². The van der Waals surface area contributed by atoms with Crippen molar-refractivity contribution in [2.45, 2.75) is 45.2 Å². The highest BCUT2D eigenvalue weighted by Gasteiger charge is 2.38. The number of hydrogen-bond acceptors (Lipinski definition) is 3. The first-order valence-electron chi connectivity index (χ1n) is 9.04. The summed E-state index contributed by atoms with van der Waals surface area (Å²) in [6, 6.07) is 3.51. The average Bonchev–Trinajstić information content (AvgIpc) is 3.45. The van der Waals surface area contributed by atoms with E-state index in [0.29, 0.717) is 31.5 Å². The molecule has 0 bridgehead atoms. The Morgan fingerprint density at radius 1 is 1.19 bits per heavy atom. The van der Waals surface area contributed by atoms with E-state index in [0.717, 1.165) is 18.9 Å². The number of benzene rings is 1. The van der Waals surface area contributed by atoms with Gasteiger partial charge in [0.15, 0.2) is 0 Å². The Morgan fingerprint density at radius 2 is 1.85 bits per heavy atom. The van der Waals surface area contributed by atoms with Gasteiger partial charge in [-0.15, -0.1) is 0 Å². The van der Waals surface area contributed by atoms with Gasteiger partial charge in [0.05, 0.1) is 5.75 Å². The minimum atomic E-state index is -3.23. The highest BCUT2D eigenvalue weighted by Crippen LogP contribution is 2.32. The molecule has 1 aliphatic heterocycles. The van der Waals surface area contributed by atoms with Crippen LogP contribution in [0.5, 0.6) is 0 Å². The molecule has 8 heteroatoms. The Bertz CT molecular complexity index is 773. The molecule has 1 saturated heterocycles. The number of halogens is 2. The van der Waals surface area contributed by atoms with Gasteiger partial charge in [-0.2, -0.15) is 0 Å². The smallest absolute Gasteiger partial charge is 0.226 e. The van der Waals surface area contributed by atoms with Gasteiger partial charge in [-0.3, -0.25) is 4.79 Å². The third-order valence-electron chi connectivity index (χ3n) is 5.19. The molecule has 0 radical (unpaired) electrons. The maximum Gasteiger partial charge on any atom is 0.226 e. The van der Waals surface area contributed by atoms with E-state index in [2.05, 4.69) is 0 Å². The van der Waals surface area contributed by atoms with E-state index in [-0.39, 0.29) is 30.2 Å². The Hall–Kier alpha value is -1.54. The SMILES string of the molecule is CCS(=O)(=O)N1CCC(C(=O)N(Cc2ccc(F)cc2F)C2CC2)CC1. The van der Waals surface area contributed by atoms with Crippen molar-refractivity contribution in [3.63, 3.8) is 0 Å². The van der Waals surface area contributed by atoms with Crippen LogP contribution in [-0.2, 0) is 21.4 Å². The quantitative estimate of drug-likeness (QED) is 0.755. The summed E-state index contributed by atoms with van der Waals surface area (Å²) in [5, 5.41) is 0. The number of hydrogen-bond donors (Lipinski definition) is 0. The first-order chi connectivity index (χ1) is 12.3. The van der Waals surface area contributed by atoms with Gasteiger partial charge in [-0.25, -0.2) is 21.5 Å². The lowest BCUT2D eigenvalue weighted by atomic mass is 9.96. The van der Waals surface area contributed by atoms with Crippen molar-refractivity contribution in [3.05, 3.63) is 35.4 Å². The summed E-state index contributed by atoms with van der Waals surface area (Å²) in [4.78, 5) is 14.6. The molecule has 5 nitrogen and oxygen atoms in total. The molecule has 0 N–H and O–H groups in total. The van der Waals surface area contributed by atoms with Crippen LogP contribution in [0.25, 0.3) is 0 Å². The van der Waals surface area contributed by atoms with Gasteiger partial charge in [0.2, 0.25) is 15.9 Å². The zero-order valence-electron chi connectivity index (χ0n) is 14.8. The van der Waals surface area contributed by atoms with Gasteiger partial charge < -0.3 is 4.90 Å². The lowest BCUT2D eigenvalue weighted by Gasteiger charge is -2.33. The van der Waals surface area contributed by atoms with E-state index in [1.807, 2.05) is 0 Å². The number of carbonyl (C=O) groups excluding carboxylic acids is 1. The summed E-state index contributed by atoms with van der Waals surface area (Å²) in [5.41, 5.74) is 0.303. The number of rotatable bonds is 6. The third kappa shape index (κ3) is 4.23. The van der Waals surface area contributed by atoms with Crippen LogP contribution < -0.4 is 0 Å². The molecule has 1 aliphatic carbocycles. The van der Waals surface area contributed by atoms with E-state index in [1.165, 1.54) is 16.4 Å². The second-order valence-corrected chi connectivity index (χ2v) is 9.26. The zero-order valence-corrected chi connectivity index (χ0v) is 15.6. The fraction of sp³-hybridized carbons (Fsp3) is 0.611. The van der Waals surface area contributed by atoms with Crippen LogP contribution in [0.1, 0.15) is 38.2 Å². The van der Waals surface area contributed by atoms with Gasteiger partial charge in [0, 0.05) is 43.2 Å². The van der Waals surface area contributed by atoms with E-state index in [4.69, 9.17) is 0 Å². The number of amides is 1. The summed E-state index contributed by atoms with van der Waals surface area (Å²) in [7, 11) is -3.23. The molecule has 0 spiro atoms. The van der Waals surface area contributed by atoms with E-state index < -0.39 is 21.7 Å². The normalized spacial score (nSPS) is 19.5.